The number of nitrogens with zero attached hydrogens (tertiary/aromatic N) is 2. The molecule has 3 heterocycles. The molecule has 0 saturated carbocycles. The summed E-state index contributed by atoms with van der Waals surface area (Å²) in [5.74, 6) is 0. The summed E-state index contributed by atoms with van der Waals surface area (Å²) in [5.41, 5.74) is 4.41. The normalized spacial score (nSPS) is 23.6. The van der Waals surface area contributed by atoms with Crippen LogP contribution in [0.25, 0.3) is 10.9 Å². The smallest absolute Gasteiger partial charge is 0.128 e. The molecule has 1 fully saturated rings. The van der Waals surface area contributed by atoms with Crippen molar-refractivity contribution in [2.45, 2.75) is 12.1 Å². The number of hydrogen-bond donors (Lipinski definition) is 2. The van der Waals surface area contributed by atoms with Gasteiger partial charge in [0.2, 0.25) is 0 Å². The van der Waals surface area contributed by atoms with Gasteiger partial charge in [0.1, 0.15) is 5.60 Å². The van der Waals surface area contributed by atoms with E-state index in [1.54, 1.807) is 0 Å². The van der Waals surface area contributed by atoms with Crippen molar-refractivity contribution < 1.29 is 9.84 Å². The van der Waals surface area contributed by atoms with Gasteiger partial charge in [-0.3, -0.25) is 4.90 Å². The predicted octanol–water partition coefficient (Wildman–Crippen LogP) is 2.69. The summed E-state index contributed by atoms with van der Waals surface area (Å²) in [6.45, 7) is 4.82. The van der Waals surface area contributed by atoms with Crippen LogP contribution in [0, 0.1) is 0 Å². The first-order valence-corrected chi connectivity index (χ1v) is 9.58. The molecule has 1 atom stereocenters. The van der Waals surface area contributed by atoms with Gasteiger partial charge in [-0.25, -0.2) is 0 Å². The van der Waals surface area contributed by atoms with Crippen LogP contribution in [0.4, 0.5) is 5.69 Å². The van der Waals surface area contributed by atoms with Crippen molar-refractivity contribution in [2.75, 3.05) is 44.8 Å². The lowest BCUT2D eigenvalue weighted by molar-refractivity contribution is 0.0284. The number of aromatic nitrogens is 1. The van der Waals surface area contributed by atoms with E-state index in [4.69, 9.17) is 4.74 Å². The molecule has 0 bridgehead atoms. The Morgan fingerprint density at radius 3 is 2.78 bits per heavy atom. The number of likely N-dealkylation sites (N-methyl/N-ethyl adjacent to an activating group) is 1. The molecule has 3 aromatic rings. The van der Waals surface area contributed by atoms with E-state index in [0.717, 1.165) is 54.9 Å². The van der Waals surface area contributed by atoms with Gasteiger partial charge in [0, 0.05) is 43.6 Å². The zero-order valence-corrected chi connectivity index (χ0v) is 15.6. The van der Waals surface area contributed by atoms with Crippen LogP contribution in [-0.2, 0) is 16.9 Å². The van der Waals surface area contributed by atoms with Crippen molar-refractivity contribution in [3.8, 4) is 0 Å². The minimum Gasteiger partial charge on any atom is -0.379 e. The monoisotopic (exact) mass is 363 g/mol. The fourth-order valence-electron chi connectivity index (χ4n) is 4.51. The van der Waals surface area contributed by atoms with Gasteiger partial charge in [0.05, 0.1) is 13.2 Å². The Morgan fingerprint density at radius 1 is 1.07 bits per heavy atom. The van der Waals surface area contributed by atoms with E-state index in [9.17, 15) is 5.11 Å². The first-order valence-electron chi connectivity index (χ1n) is 9.58. The molecule has 5 nitrogen and oxygen atoms in total. The van der Waals surface area contributed by atoms with Crippen LogP contribution in [0.5, 0.6) is 0 Å². The van der Waals surface area contributed by atoms with E-state index in [1.165, 1.54) is 11.3 Å². The van der Waals surface area contributed by atoms with Crippen molar-refractivity contribution in [3.63, 3.8) is 0 Å². The third kappa shape index (κ3) is 2.83. The summed E-state index contributed by atoms with van der Waals surface area (Å²) in [6, 6.07) is 14.8. The first kappa shape index (κ1) is 16.8. The SMILES string of the molecule is CN1Cc2cc(N3CCOCC3)ccc2C(O)(c2ccc3cc[nH]c3c2)C1. The van der Waals surface area contributed by atoms with Gasteiger partial charge in [-0.1, -0.05) is 18.2 Å². The maximum atomic E-state index is 11.8. The van der Waals surface area contributed by atoms with Crippen molar-refractivity contribution in [3.05, 3.63) is 65.4 Å². The Kier molecular flexibility index (Phi) is 3.97. The zero-order chi connectivity index (χ0) is 18.4. The summed E-state index contributed by atoms with van der Waals surface area (Å²) < 4.78 is 5.48. The molecule has 1 saturated heterocycles. The second-order valence-electron chi connectivity index (χ2n) is 7.75. The number of rotatable bonds is 2. The number of aliphatic hydroxyl groups is 1. The van der Waals surface area contributed by atoms with Crippen LogP contribution in [0.1, 0.15) is 16.7 Å². The molecule has 0 aliphatic carbocycles. The second-order valence-corrected chi connectivity index (χ2v) is 7.75. The minimum atomic E-state index is -1.01. The molecule has 2 aromatic carbocycles. The quantitative estimate of drug-likeness (QED) is 0.735. The number of aromatic amines is 1. The topological polar surface area (TPSA) is 51.7 Å². The molecule has 1 unspecified atom stereocenters. The van der Waals surface area contributed by atoms with Crippen LogP contribution < -0.4 is 4.90 Å². The molecule has 5 heteroatoms. The van der Waals surface area contributed by atoms with Crippen LogP contribution >= 0.6 is 0 Å². The Hall–Kier alpha value is -2.34. The third-order valence-corrected chi connectivity index (χ3v) is 5.88. The molecule has 27 heavy (non-hydrogen) atoms. The number of benzene rings is 2. The highest BCUT2D eigenvalue weighted by atomic mass is 16.5. The van der Waals surface area contributed by atoms with Crippen molar-refractivity contribution in [1.82, 2.24) is 9.88 Å². The molecule has 5 rings (SSSR count). The lowest BCUT2D eigenvalue weighted by Crippen LogP contribution is -2.45. The van der Waals surface area contributed by atoms with Gasteiger partial charge in [0.25, 0.3) is 0 Å². The maximum Gasteiger partial charge on any atom is 0.128 e. The van der Waals surface area contributed by atoms with Crippen LogP contribution in [0.15, 0.2) is 48.7 Å². The highest BCUT2D eigenvalue weighted by Crippen LogP contribution is 2.39. The summed E-state index contributed by atoms with van der Waals surface area (Å²) in [4.78, 5) is 7.82. The molecule has 0 amide bonds. The van der Waals surface area contributed by atoms with Gasteiger partial charge in [-0.2, -0.15) is 0 Å². The van der Waals surface area contributed by atoms with E-state index in [-0.39, 0.29) is 0 Å². The second kappa shape index (κ2) is 6.37. The standard InChI is InChI=1S/C22H25N3O2/c1-24-14-17-12-19(25-8-10-27-11-9-25)4-5-20(17)22(26,15-24)18-3-2-16-6-7-23-21(16)13-18/h2-7,12-13,23,26H,8-11,14-15H2,1H3. The molecule has 2 aliphatic heterocycles. The lowest BCUT2D eigenvalue weighted by Gasteiger charge is -2.40. The number of morpholine rings is 1. The number of nitrogens with one attached hydrogen (secondary N) is 1. The Bertz CT molecular complexity index is 977. The maximum absolute atomic E-state index is 11.8. The number of fused-ring (bicyclic) bond motifs is 2. The highest BCUT2D eigenvalue weighted by molar-refractivity contribution is 5.80. The molecular weight excluding hydrogens is 338 g/mol. The molecule has 2 aliphatic rings. The zero-order valence-electron chi connectivity index (χ0n) is 15.6. The fraction of sp³-hybridized carbons (Fsp3) is 0.364. The van der Waals surface area contributed by atoms with Gasteiger partial charge in [0.15, 0.2) is 0 Å². The van der Waals surface area contributed by atoms with Crippen molar-refractivity contribution in [2.24, 2.45) is 0 Å². The summed E-state index contributed by atoms with van der Waals surface area (Å²) in [5, 5.41) is 12.9. The molecule has 1 aromatic heterocycles. The van der Waals surface area contributed by atoms with Crippen LogP contribution in [0.3, 0.4) is 0 Å². The fourth-order valence-corrected chi connectivity index (χ4v) is 4.51. The Morgan fingerprint density at radius 2 is 1.93 bits per heavy atom. The lowest BCUT2D eigenvalue weighted by atomic mass is 9.80. The molecule has 0 radical (unpaired) electrons. The van der Waals surface area contributed by atoms with Gasteiger partial charge in [-0.05, 0) is 53.4 Å². The van der Waals surface area contributed by atoms with E-state index >= 15 is 0 Å². The average molecular weight is 363 g/mol. The number of H-pyrrole nitrogens is 1. The van der Waals surface area contributed by atoms with Crippen molar-refractivity contribution in [1.29, 1.82) is 0 Å². The molecule has 0 spiro atoms. The number of anilines is 1. The van der Waals surface area contributed by atoms with E-state index in [1.807, 2.05) is 6.20 Å². The molecular formula is C22H25N3O2. The van der Waals surface area contributed by atoms with Gasteiger partial charge < -0.3 is 19.7 Å². The minimum absolute atomic E-state index is 0.586. The highest BCUT2D eigenvalue weighted by Gasteiger charge is 2.38. The molecule has 2 N–H and O–H groups in total. The van der Waals surface area contributed by atoms with Gasteiger partial charge >= 0.3 is 0 Å². The van der Waals surface area contributed by atoms with Crippen LogP contribution in [-0.4, -0.2) is 54.9 Å². The summed E-state index contributed by atoms with van der Waals surface area (Å²) >= 11 is 0. The van der Waals surface area contributed by atoms with Gasteiger partial charge in [-0.15, -0.1) is 0 Å². The molecule has 140 valence electrons. The Labute approximate surface area is 159 Å². The largest absolute Gasteiger partial charge is 0.379 e. The average Bonchev–Trinajstić information content (AvgIpc) is 3.16. The predicted molar refractivity (Wildman–Crippen MR) is 107 cm³/mol. The first-order chi connectivity index (χ1) is 13.1. The Balaban J connectivity index is 1.58. The van der Waals surface area contributed by atoms with E-state index in [0.29, 0.717) is 6.54 Å². The number of β-amino-alcohol motifs (C(OH)–C–C–N with tert-alkyl or cyclic N) is 1. The van der Waals surface area contributed by atoms with Crippen molar-refractivity contribution >= 4 is 16.6 Å². The summed E-state index contributed by atoms with van der Waals surface area (Å²) in [7, 11) is 2.07. The summed E-state index contributed by atoms with van der Waals surface area (Å²) in [6.07, 6.45) is 1.94. The van der Waals surface area contributed by atoms with E-state index in [2.05, 4.69) is 64.3 Å². The van der Waals surface area contributed by atoms with E-state index < -0.39 is 5.60 Å². The number of ether oxygens (including phenoxy) is 1. The van der Waals surface area contributed by atoms with Crippen LogP contribution in [0.2, 0.25) is 0 Å². The third-order valence-electron chi connectivity index (χ3n) is 5.88. The number of hydrogen-bond acceptors (Lipinski definition) is 4.